The Morgan fingerprint density at radius 1 is 0.875 bits per heavy atom. The van der Waals surface area contributed by atoms with Gasteiger partial charge in [0.05, 0.1) is 24.5 Å². The number of furan rings is 2. The molecule has 0 saturated carbocycles. The molecule has 0 aliphatic rings. The first kappa shape index (κ1) is 14.3. The third-order valence-electron chi connectivity index (χ3n) is 3.80. The van der Waals surface area contributed by atoms with Crippen LogP contribution in [0.25, 0.3) is 22.7 Å². The third-order valence-corrected chi connectivity index (χ3v) is 3.80. The van der Waals surface area contributed by atoms with Crippen molar-refractivity contribution in [3.8, 4) is 22.7 Å². The van der Waals surface area contributed by atoms with E-state index in [4.69, 9.17) is 14.6 Å². The average molecular weight is 317 g/mol. The summed E-state index contributed by atoms with van der Waals surface area (Å²) >= 11 is 0. The van der Waals surface area contributed by atoms with Crippen LogP contribution in [-0.4, -0.2) is 9.97 Å². The van der Waals surface area contributed by atoms with Gasteiger partial charge in [-0.1, -0.05) is 30.3 Å². The Morgan fingerprint density at radius 3 is 2.42 bits per heavy atom. The fraction of sp³-hybridized carbons (Fsp3) is 0.0526. The molecule has 24 heavy (non-hydrogen) atoms. The molecule has 0 aliphatic heterocycles. The summed E-state index contributed by atoms with van der Waals surface area (Å²) < 4.78 is 10.8. The monoisotopic (exact) mass is 317 g/mol. The Labute approximate surface area is 138 Å². The lowest BCUT2D eigenvalue weighted by Crippen LogP contribution is -2.05. The van der Waals surface area contributed by atoms with E-state index in [1.807, 2.05) is 36.4 Å². The molecule has 1 aromatic carbocycles. The Hall–Kier alpha value is -3.34. The molecule has 0 aliphatic carbocycles. The van der Waals surface area contributed by atoms with Crippen LogP contribution in [0.2, 0.25) is 0 Å². The standard InChI is InChI=1S/C19H15N3O2/c20-19-21-17(14-8-10-23-12-14)15(11-13-5-2-1-3-6-13)18(22-19)16-7-4-9-24-16/h1-10,12H,11H2,(H2,20,21,22). The van der Waals surface area contributed by atoms with Crippen LogP contribution in [0.15, 0.2) is 76.2 Å². The van der Waals surface area contributed by atoms with Crippen molar-refractivity contribution in [2.45, 2.75) is 6.42 Å². The molecule has 0 unspecified atom stereocenters. The molecule has 0 bridgehead atoms. The highest BCUT2D eigenvalue weighted by molar-refractivity contribution is 5.73. The van der Waals surface area contributed by atoms with Crippen LogP contribution in [0.3, 0.4) is 0 Å². The van der Waals surface area contributed by atoms with Crippen LogP contribution >= 0.6 is 0 Å². The summed E-state index contributed by atoms with van der Waals surface area (Å²) in [5.41, 5.74) is 10.4. The van der Waals surface area contributed by atoms with Crippen LogP contribution in [0.4, 0.5) is 5.95 Å². The number of hydrogen-bond donors (Lipinski definition) is 1. The fourth-order valence-corrected chi connectivity index (χ4v) is 2.72. The predicted octanol–water partition coefficient (Wildman–Crippen LogP) is 4.17. The van der Waals surface area contributed by atoms with Crippen molar-refractivity contribution >= 4 is 5.95 Å². The maximum atomic E-state index is 5.94. The molecule has 4 aromatic rings. The van der Waals surface area contributed by atoms with Gasteiger partial charge < -0.3 is 14.6 Å². The van der Waals surface area contributed by atoms with Crippen molar-refractivity contribution in [2.24, 2.45) is 0 Å². The van der Waals surface area contributed by atoms with E-state index in [0.29, 0.717) is 17.9 Å². The van der Waals surface area contributed by atoms with E-state index in [2.05, 4.69) is 22.1 Å². The summed E-state index contributed by atoms with van der Waals surface area (Å²) in [6, 6.07) is 15.7. The van der Waals surface area contributed by atoms with Gasteiger partial charge in [-0.3, -0.25) is 0 Å². The van der Waals surface area contributed by atoms with Gasteiger partial charge in [0, 0.05) is 17.5 Å². The van der Waals surface area contributed by atoms with Crippen LogP contribution in [-0.2, 0) is 6.42 Å². The maximum Gasteiger partial charge on any atom is 0.221 e. The quantitative estimate of drug-likeness (QED) is 0.611. The predicted molar refractivity (Wildman–Crippen MR) is 91.1 cm³/mol. The fourth-order valence-electron chi connectivity index (χ4n) is 2.72. The van der Waals surface area contributed by atoms with Crippen molar-refractivity contribution < 1.29 is 8.83 Å². The molecule has 0 saturated heterocycles. The first-order valence-corrected chi connectivity index (χ1v) is 7.58. The van der Waals surface area contributed by atoms with Crippen LogP contribution in [0, 0.1) is 0 Å². The van der Waals surface area contributed by atoms with Crippen molar-refractivity contribution in [1.29, 1.82) is 0 Å². The third kappa shape index (κ3) is 2.67. The van der Waals surface area contributed by atoms with E-state index in [1.54, 1.807) is 18.8 Å². The minimum atomic E-state index is 0.203. The summed E-state index contributed by atoms with van der Waals surface area (Å²) in [6.07, 6.45) is 5.56. The lowest BCUT2D eigenvalue weighted by molar-refractivity contribution is 0.568. The molecule has 3 aromatic heterocycles. The Balaban J connectivity index is 1.93. The van der Waals surface area contributed by atoms with E-state index in [9.17, 15) is 0 Å². The summed E-state index contributed by atoms with van der Waals surface area (Å²) in [5.74, 6) is 0.870. The van der Waals surface area contributed by atoms with E-state index in [0.717, 1.165) is 22.4 Å². The zero-order valence-corrected chi connectivity index (χ0v) is 12.8. The van der Waals surface area contributed by atoms with E-state index < -0.39 is 0 Å². The number of anilines is 1. The van der Waals surface area contributed by atoms with Gasteiger partial charge in [0.1, 0.15) is 5.69 Å². The van der Waals surface area contributed by atoms with Crippen molar-refractivity contribution in [2.75, 3.05) is 5.73 Å². The average Bonchev–Trinajstić information content (AvgIpc) is 3.31. The van der Waals surface area contributed by atoms with Gasteiger partial charge in [-0.05, 0) is 23.8 Å². The van der Waals surface area contributed by atoms with Gasteiger partial charge in [0.2, 0.25) is 5.95 Å². The minimum Gasteiger partial charge on any atom is -0.472 e. The van der Waals surface area contributed by atoms with Gasteiger partial charge >= 0.3 is 0 Å². The molecule has 0 radical (unpaired) electrons. The largest absolute Gasteiger partial charge is 0.472 e. The van der Waals surface area contributed by atoms with Gasteiger partial charge in [-0.2, -0.15) is 0 Å². The summed E-state index contributed by atoms with van der Waals surface area (Å²) in [5, 5.41) is 0. The highest BCUT2D eigenvalue weighted by Crippen LogP contribution is 2.32. The first-order chi connectivity index (χ1) is 11.8. The molecule has 0 atom stereocenters. The zero-order valence-electron chi connectivity index (χ0n) is 12.8. The highest BCUT2D eigenvalue weighted by Gasteiger charge is 2.19. The molecular weight excluding hydrogens is 302 g/mol. The van der Waals surface area contributed by atoms with E-state index >= 15 is 0 Å². The van der Waals surface area contributed by atoms with Crippen molar-refractivity contribution in [3.63, 3.8) is 0 Å². The van der Waals surface area contributed by atoms with E-state index in [1.165, 1.54) is 0 Å². The van der Waals surface area contributed by atoms with Gasteiger partial charge in [0.15, 0.2) is 5.76 Å². The highest BCUT2D eigenvalue weighted by atomic mass is 16.3. The number of aromatic nitrogens is 2. The Morgan fingerprint density at radius 2 is 1.71 bits per heavy atom. The Kier molecular flexibility index (Phi) is 3.59. The molecule has 118 valence electrons. The lowest BCUT2D eigenvalue weighted by Gasteiger charge is -2.12. The smallest absolute Gasteiger partial charge is 0.221 e. The number of nitrogen functional groups attached to an aromatic ring is 1. The summed E-state index contributed by atoms with van der Waals surface area (Å²) in [4.78, 5) is 8.87. The second-order valence-electron chi connectivity index (χ2n) is 5.41. The number of rotatable bonds is 4. The summed E-state index contributed by atoms with van der Waals surface area (Å²) in [7, 11) is 0. The molecule has 2 N–H and O–H groups in total. The van der Waals surface area contributed by atoms with Crippen LogP contribution in [0.1, 0.15) is 11.1 Å². The molecule has 0 fully saturated rings. The summed E-state index contributed by atoms with van der Waals surface area (Å²) in [6.45, 7) is 0. The number of benzene rings is 1. The topological polar surface area (TPSA) is 78.1 Å². The van der Waals surface area contributed by atoms with Crippen molar-refractivity contribution in [3.05, 3.63) is 78.4 Å². The van der Waals surface area contributed by atoms with Crippen molar-refractivity contribution in [1.82, 2.24) is 9.97 Å². The second kappa shape index (κ2) is 6.04. The van der Waals surface area contributed by atoms with Gasteiger partial charge in [-0.15, -0.1) is 0 Å². The maximum absolute atomic E-state index is 5.94. The number of hydrogen-bond acceptors (Lipinski definition) is 5. The Bertz CT molecular complexity index is 875. The lowest BCUT2D eigenvalue weighted by atomic mass is 9.98. The molecule has 5 heteroatoms. The van der Waals surface area contributed by atoms with Crippen LogP contribution in [0.5, 0.6) is 0 Å². The number of nitrogens with two attached hydrogens (primary N) is 1. The van der Waals surface area contributed by atoms with Gasteiger partial charge in [0.25, 0.3) is 0 Å². The molecule has 0 spiro atoms. The van der Waals surface area contributed by atoms with Crippen LogP contribution < -0.4 is 5.73 Å². The zero-order chi connectivity index (χ0) is 16.4. The minimum absolute atomic E-state index is 0.203. The second-order valence-corrected chi connectivity index (χ2v) is 5.41. The molecular formula is C19H15N3O2. The molecule has 4 rings (SSSR count). The first-order valence-electron chi connectivity index (χ1n) is 7.58. The number of nitrogens with zero attached hydrogens (tertiary/aromatic N) is 2. The normalized spacial score (nSPS) is 10.8. The molecule has 0 amide bonds. The van der Waals surface area contributed by atoms with Gasteiger partial charge in [-0.25, -0.2) is 9.97 Å². The van der Waals surface area contributed by atoms with E-state index in [-0.39, 0.29) is 5.95 Å². The SMILES string of the molecule is Nc1nc(-c2ccoc2)c(Cc2ccccc2)c(-c2ccco2)n1. The molecule has 5 nitrogen and oxygen atoms in total. The molecule has 3 heterocycles.